The van der Waals surface area contributed by atoms with Crippen molar-refractivity contribution in [2.75, 3.05) is 12.4 Å². The zero-order chi connectivity index (χ0) is 19.1. The van der Waals surface area contributed by atoms with Crippen molar-refractivity contribution in [3.05, 3.63) is 36.4 Å². The molecule has 0 unspecified atom stereocenters. The van der Waals surface area contributed by atoms with E-state index in [0.717, 1.165) is 22.8 Å². The number of esters is 1. The monoisotopic (exact) mass is 367 g/mol. The zero-order valence-electron chi connectivity index (χ0n) is 15.4. The summed E-state index contributed by atoms with van der Waals surface area (Å²) in [6, 6.07) is 11.3. The average Bonchev–Trinajstić information content (AvgIpc) is 3.28. The predicted molar refractivity (Wildman–Crippen MR) is 102 cm³/mol. The molecule has 6 nitrogen and oxygen atoms in total. The van der Waals surface area contributed by atoms with Crippen molar-refractivity contribution in [1.29, 1.82) is 0 Å². The second kappa shape index (κ2) is 6.61. The van der Waals surface area contributed by atoms with Crippen molar-refractivity contribution < 1.29 is 23.5 Å². The molecule has 0 radical (unpaired) electrons. The second-order valence-corrected chi connectivity index (χ2v) is 7.03. The molecule has 1 heterocycles. The molecule has 0 bridgehead atoms. The summed E-state index contributed by atoms with van der Waals surface area (Å²) < 4.78 is 16.6. The SMILES string of the molecule is COc1cc2c(cc1NC(=O)[C@H](C)OC(=O)[C@@H]1C[C@@H]1C)oc1ccccc12. The van der Waals surface area contributed by atoms with Crippen molar-refractivity contribution in [3.63, 3.8) is 0 Å². The molecule has 1 N–H and O–H groups in total. The van der Waals surface area contributed by atoms with E-state index in [1.807, 2.05) is 37.3 Å². The van der Waals surface area contributed by atoms with Gasteiger partial charge < -0.3 is 19.2 Å². The molecule has 2 aromatic carbocycles. The fourth-order valence-corrected chi connectivity index (χ4v) is 3.22. The third kappa shape index (κ3) is 3.23. The Bertz CT molecular complexity index is 1040. The fourth-order valence-electron chi connectivity index (χ4n) is 3.22. The van der Waals surface area contributed by atoms with Crippen LogP contribution in [0.2, 0.25) is 0 Å². The molecule has 1 fully saturated rings. The largest absolute Gasteiger partial charge is 0.495 e. The summed E-state index contributed by atoms with van der Waals surface area (Å²) in [6.45, 7) is 3.55. The number of para-hydroxylation sites is 1. The van der Waals surface area contributed by atoms with Crippen LogP contribution in [-0.4, -0.2) is 25.1 Å². The summed E-state index contributed by atoms with van der Waals surface area (Å²) in [5.74, 6) is 0.0389. The number of benzene rings is 2. The first-order valence-electron chi connectivity index (χ1n) is 8.98. The maximum atomic E-state index is 12.5. The third-order valence-electron chi connectivity index (χ3n) is 5.03. The quantitative estimate of drug-likeness (QED) is 0.686. The van der Waals surface area contributed by atoms with Crippen LogP contribution < -0.4 is 10.1 Å². The van der Waals surface area contributed by atoms with E-state index in [1.165, 1.54) is 7.11 Å². The van der Waals surface area contributed by atoms with Crippen LogP contribution in [0.25, 0.3) is 21.9 Å². The van der Waals surface area contributed by atoms with Crippen LogP contribution in [-0.2, 0) is 14.3 Å². The van der Waals surface area contributed by atoms with Crippen LogP contribution in [0, 0.1) is 11.8 Å². The Labute approximate surface area is 156 Å². The van der Waals surface area contributed by atoms with Gasteiger partial charge in [0, 0.05) is 16.8 Å². The lowest BCUT2D eigenvalue weighted by atomic mass is 10.1. The first-order chi connectivity index (χ1) is 13.0. The van der Waals surface area contributed by atoms with Gasteiger partial charge in [0.15, 0.2) is 6.10 Å². The number of rotatable bonds is 5. The summed E-state index contributed by atoms with van der Waals surface area (Å²) in [5.41, 5.74) is 1.87. The summed E-state index contributed by atoms with van der Waals surface area (Å²) in [7, 11) is 1.54. The minimum Gasteiger partial charge on any atom is -0.495 e. The Morgan fingerprint density at radius 1 is 1.19 bits per heavy atom. The molecule has 140 valence electrons. The van der Waals surface area contributed by atoms with Crippen LogP contribution in [0.4, 0.5) is 5.69 Å². The number of ether oxygens (including phenoxy) is 2. The van der Waals surface area contributed by atoms with Gasteiger partial charge in [-0.2, -0.15) is 0 Å². The molecule has 3 atom stereocenters. The van der Waals surface area contributed by atoms with Crippen LogP contribution in [0.5, 0.6) is 5.75 Å². The maximum Gasteiger partial charge on any atom is 0.309 e. The standard InChI is InChI=1S/C21H21NO5/c1-11-8-14(11)21(24)26-12(2)20(23)22-16-10-18-15(9-19(16)25-3)13-6-4-5-7-17(13)27-18/h4-7,9-12,14H,8H2,1-3H3,(H,22,23)/t11-,12-,14+/m0/s1. The Kier molecular flexibility index (Phi) is 4.26. The van der Waals surface area contributed by atoms with Crippen molar-refractivity contribution in [3.8, 4) is 5.75 Å². The number of hydrogen-bond acceptors (Lipinski definition) is 5. The summed E-state index contributed by atoms with van der Waals surface area (Å²) >= 11 is 0. The lowest BCUT2D eigenvalue weighted by molar-refractivity contribution is -0.154. The Hall–Kier alpha value is -3.02. The number of nitrogens with one attached hydrogen (secondary N) is 1. The highest BCUT2D eigenvalue weighted by atomic mass is 16.5. The summed E-state index contributed by atoms with van der Waals surface area (Å²) in [6.07, 6.45) is -0.0645. The van der Waals surface area contributed by atoms with E-state index in [2.05, 4.69) is 5.32 Å². The van der Waals surface area contributed by atoms with Gasteiger partial charge >= 0.3 is 5.97 Å². The van der Waals surface area contributed by atoms with E-state index in [4.69, 9.17) is 13.9 Å². The molecular weight excluding hydrogens is 346 g/mol. The number of fused-ring (bicyclic) bond motifs is 3. The van der Waals surface area contributed by atoms with Gasteiger partial charge in [0.25, 0.3) is 5.91 Å². The Balaban J connectivity index is 1.57. The van der Waals surface area contributed by atoms with Crippen molar-refractivity contribution >= 4 is 39.5 Å². The van der Waals surface area contributed by atoms with Crippen LogP contribution in [0.3, 0.4) is 0 Å². The molecule has 6 heteroatoms. The number of carbonyl (C=O) groups excluding carboxylic acids is 2. The molecule has 0 aliphatic heterocycles. The van der Waals surface area contributed by atoms with E-state index < -0.39 is 12.0 Å². The molecular formula is C21H21NO5. The minimum absolute atomic E-state index is 0.0818. The number of hydrogen-bond donors (Lipinski definition) is 1. The van der Waals surface area contributed by atoms with Gasteiger partial charge in [0.1, 0.15) is 16.9 Å². The lowest BCUT2D eigenvalue weighted by Crippen LogP contribution is -2.30. The zero-order valence-corrected chi connectivity index (χ0v) is 15.4. The highest BCUT2D eigenvalue weighted by Crippen LogP contribution is 2.39. The molecule has 0 saturated heterocycles. The van der Waals surface area contributed by atoms with E-state index in [9.17, 15) is 9.59 Å². The Morgan fingerprint density at radius 2 is 1.93 bits per heavy atom. The number of methoxy groups -OCH3 is 1. The molecule has 1 aliphatic carbocycles. The summed E-state index contributed by atoms with van der Waals surface area (Å²) in [4.78, 5) is 24.4. The Morgan fingerprint density at radius 3 is 2.63 bits per heavy atom. The van der Waals surface area contributed by atoms with E-state index >= 15 is 0 Å². The number of carbonyl (C=O) groups is 2. The van der Waals surface area contributed by atoms with Gasteiger partial charge in [-0.05, 0) is 31.4 Å². The predicted octanol–water partition coefficient (Wildman–Crippen LogP) is 4.12. The second-order valence-electron chi connectivity index (χ2n) is 7.03. The first-order valence-corrected chi connectivity index (χ1v) is 8.98. The van der Waals surface area contributed by atoms with Gasteiger partial charge in [0.05, 0.1) is 18.7 Å². The summed E-state index contributed by atoms with van der Waals surface area (Å²) in [5, 5.41) is 4.65. The molecule has 27 heavy (non-hydrogen) atoms. The lowest BCUT2D eigenvalue weighted by Gasteiger charge is -2.15. The number of furan rings is 1. The van der Waals surface area contributed by atoms with Crippen LogP contribution in [0.1, 0.15) is 20.3 Å². The van der Waals surface area contributed by atoms with Crippen LogP contribution in [0.15, 0.2) is 40.8 Å². The average molecular weight is 367 g/mol. The van der Waals surface area contributed by atoms with E-state index in [-0.39, 0.29) is 11.9 Å². The van der Waals surface area contributed by atoms with Gasteiger partial charge in [-0.3, -0.25) is 9.59 Å². The van der Waals surface area contributed by atoms with E-state index in [0.29, 0.717) is 22.9 Å². The van der Waals surface area contributed by atoms with Crippen molar-refractivity contribution in [2.45, 2.75) is 26.4 Å². The third-order valence-corrected chi connectivity index (χ3v) is 5.03. The molecule has 1 aliphatic rings. The number of anilines is 1. The topological polar surface area (TPSA) is 77.8 Å². The minimum atomic E-state index is -0.888. The van der Waals surface area contributed by atoms with Gasteiger partial charge in [-0.25, -0.2) is 0 Å². The first kappa shape index (κ1) is 17.4. The highest BCUT2D eigenvalue weighted by Gasteiger charge is 2.41. The highest BCUT2D eigenvalue weighted by molar-refractivity contribution is 6.08. The van der Waals surface area contributed by atoms with Crippen LogP contribution >= 0.6 is 0 Å². The van der Waals surface area contributed by atoms with E-state index in [1.54, 1.807) is 13.0 Å². The van der Waals surface area contributed by atoms with Gasteiger partial charge in [0.2, 0.25) is 0 Å². The normalized spacial score (nSPS) is 19.7. The maximum absolute atomic E-state index is 12.5. The molecule has 3 aromatic rings. The molecule has 1 saturated carbocycles. The molecule has 1 aromatic heterocycles. The smallest absolute Gasteiger partial charge is 0.309 e. The van der Waals surface area contributed by atoms with Crippen molar-refractivity contribution in [1.82, 2.24) is 0 Å². The fraction of sp³-hybridized carbons (Fsp3) is 0.333. The number of amides is 1. The molecule has 0 spiro atoms. The van der Waals surface area contributed by atoms with Gasteiger partial charge in [-0.1, -0.05) is 25.1 Å². The molecule has 4 rings (SSSR count). The van der Waals surface area contributed by atoms with Crippen molar-refractivity contribution in [2.24, 2.45) is 11.8 Å². The van der Waals surface area contributed by atoms with Gasteiger partial charge in [-0.15, -0.1) is 0 Å². The molecule has 1 amide bonds.